The van der Waals surface area contributed by atoms with E-state index < -0.39 is 11.9 Å². The van der Waals surface area contributed by atoms with Gasteiger partial charge in [-0.15, -0.1) is 0 Å². The number of hydrogen-bond acceptors (Lipinski definition) is 7. The minimum absolute atomic E-state index is 0.0791. The summed E-state index contributed by atoms with van der Waals surface area (Å²) in [6, 6.07) is 4.71. The van der Waals surface area contributed by atoms with Crippen LogP contribution in [0.25, 0.3) is 0 Å². The molecule has 0 saturated heterocycles. The van der Waals surface area contributed by atoms with Crippen molar-refractivity contribution in [3.05, 3.63) is 36.4 Å². The number of methoxy groups -OCH3 is 1. The summed E-state index contributed by atoms with van der Waals surface area (Å²) in [5.41, 5.74) is 0.263. The Morgan fingerprint density at radius 1 is 0.919 bits per heavy atom. The number of carbonyl (C=O) groups is 3. The van der Waals surface area contributed by atoms with E-state index in [1.807, 2.05) is 0 Å². The first kappa shape index (κ1) is 28.7. The van der Waals surface area contributed by atoms with Crippen LogP contribution in [0.2, 0.25) is 0 Å². The molecule has 0 amide bonds. The van der Waals surface area contributed by atoms with Crippen LogP contribution in [-0.2, 0) is 19.1 Å². The Balaban J connectivity index is 1.43. The van der Waals surface area contributed by atoms with Gasteiger partial charge in [0.25, 0.3) is 0 Å². The highest BCUT2D eigenvalue weighted by Crippen LogP contribution is 2.42. The van der Waals surface area contributed by atoms with E-state index in [2.05, 4.69) is 13.5 Å². The Kier molecular flexibility index (Phi) is 11.5. The van der Waals surface area contributed by atoms with Crippen molar-refractivity contribution in [2.75, 3.05) is 20.3 Å². The molecule has 0 radical (unpaired) electrons. The fourth-order valence-electron chi connectivity index (χ4n) is 5.68. The lowest BCUT2D eigenvalue weighted by Crippen LogP contribution is -2.30. The summed E-state index contributed by atoms with van der Waals surface area (Å²) in [5.74, 6) is 1.86. The predicted molar refractivity (Wildman–Crippen MR) is 140 cm³/mol. The molecule has 37 heavy (non-hydrogen) atoms. The van der Waals surface area contributed by atoms with Gasteiger partial charge in [-0.2, -0.15) is 0 Å². The summed E-state index contributed by atoms with van der Waals surface area (Å²) in [6.07, 6.45) is 12.9. The van der Waals surface area contributed by atoms with Gasteiger partial charge in [-0.05, 0) is 81.3 Å². The fraction of sp³-hybridized carbons (Fsp3) is 0.633. The molecule has 1 aromatic carbocycles. The highest BCUT2D eigenvalue weighted by Gasteiger charge is 2.33. The van der Waals surface area contributed by atoms with E-state index in [1.54, 1.807) is 18.2 Å². The molecule has 7 heteroatoms. The molecule has 2 fully saturated rings. The number of rotatable bonds is 12. The molecule has 0 bridgehead atoms. The normalized spacial score (nSPS) is 23.5. The van der Waals surface area contributed by atoms with Crippen LogP contribution >= 0.6 is 0 Å². The molecule has 0 N–H and O–H groups in total. The lowest BCUT2D eigenvalue weighted by molar-refractivity contribution is -0.140. The number of carbonyl (C=O) groups excluding carboxylic acids is 3. The Bertz CT molecular complexity index is 909. The van der Waals surface area contributed by atoms with E-state index in [9.17, 15) is 14.4 Å². The van der Waals surface area contributed by atoms with Gasteiger partial charge in [0.1, 0.15) is 17.1 Å². The van der Waals surface area contributed by atoms with Crippen LogP contribution in [-0.4, -0.2) is 38.2 Å². The molecular formula is C30H42O7. The average Bonchev–Trinajstić information content (AvgIpc) is 2.94. The zero-order chi connectivity index (χ0) is 26.6. The van der Waals surface area contributed by atoms with Crippen LogP contribution in [0.15, 0.2) is 30.9 Å². The minimum Gasteiger partial charge on any atom is -0.496 e. The SMILES string of the molecule is C=CC(=O)OCCCCOC(=O)c1ccc(OC(=O)C2CCC(C3CCC(CC)CC3)CC2)cc1OC. The van der Waals surface area contributed by atoms with Crippen molar-refractivity contribution in [1.29, 1.82) is 0 Å². The summed E-state index contributed by atoms with van der Waals surface area (Å²) in [7, 11) is 1.46. The van der Waals surface area contributed by atoms with Crippen LogP contribution in [0, 0.1) is 23.7 Å². The Morgan fingerprint density at radius 3 is 2.14 bits per heavy atom. The highest BCUT2D eigenvalue weighted by molar-refractivity contribution is 5.93. The molecule has 3 rings (SSSR count). The maximum atomic E-state index is 12.8. The zero-order valence-electron chi connectivity index (χ0n) is 22.4. The molecule has 204 valence electrons. The van der Waals surface area contributed by atoms with Crippen molar-refractivity contribution in [1.82, 2.24) is 0 Å². The molecule has 2 aliphatic carbocycles. The van der Waals surface area contributed by atoms with Crippen LogP contribution in [0.3, 0.4) is 0 Å². The summed E-state index contributed by atoms with van der Waals surface area (Å²) < 4.78 is 21.2. The average molecular weight is 515 g/mol. The first-order valence-corrected chi connectivity index (χ1v) is 13.8. The molecule has 0 spiro atoms. The highest BCUT2D eigenvalue weighted by atomic mass is 16.5. The van der Waals surface area contributed by atoms with Crippen molar-refractivity contribution >= 4 is 17.9 Å². The molecule has 0 unspecified atom stereocenters. The lowest BCUT2D eigenvalue weighted by Gasteiger charge is -2.37. The monoisotopic (exact) mass is 514 g/mol. The zero-order valence-corrected chi connectivity index (χ0v) is 22.4. The minimum atomic E-state index is -0.524. The van der Waals surface area contributed by atoms with Crippen LogP contribution < -0.4 is 9.47 Å². The second kappa shape index (κ2) is 14.8. The van der Waals surface area contributed by atoms with Gasteiger partial charge >= 0.3 is 17.9 Å². The number of esters is 3. The summed E-state index contributed by atoms with van der Waals surface area (Å²) >= 11 is 0. The molecule has 0 aromatic heterocycles. The molecule has 2 aliphatic rings. The van der Waals surface area contributed by atoms with Crippen molar-refractivity contribution in [3.8, 4) is 11.5 Å². The predicted octanol–water partition coefficient (Wildman–Crippen LogP) is 6.29. The van der Waals surface area contributed by atoms with Crippen molar-refractivity contribution in [3.63, 3.8) is 0 Å². The molecule has 2 saturated carbocycles. The van der Waals surface area contributed by atoms with E-state index >= 15 is 0 Å². The third-order valence-electron chi connectivity index (χ3n) is 8.03. The van der Waals surface area contributed by atoms with Gasteiger partial charge in [0.05, 0.1) is 26.2 Å². The molecule has 0 atom stereocenters. The standard InChI is InChI=1S/C30H42O7/c1-4-21-8-10-22(11-9-21)23-12-14-24(15-13-23)29(32)37-25-16-17-26(27(20-25)34-3)30(33)36-19-7-6-18-35-28(31)5-2/h5,16-17,20-24H,2,4,6-15,18-19H2,1,3H3. The number of hydrogen-bond donors (Lipinski definition) is 0. The quantitative estimate of drug-likeness (QED) is 0.140. The van der Waals surface area contributed by atoms with Gasteiger partial charge < -0.3 is 18.9 Å². The number of unbranched alkanes of at least 4 members (excludes halogenated alkanes) is 1. The van der Waals surface area contributed by atoms with Gasteiger partial charge in [-0.25, -0.2) is 9.59 Å². The van der Waals surface area contributed by atoms with Crippen molar-refractivity contribution in [2.24, 2.45) is 23.7 Å². The molecule has 1 aromatic rings. The van der Waals surface area contributed by atoms with Gasteiger partial charge in [0.15, 0.2) is 0 Å². The van der Waals surface area contributed by atoms with E-state index in [4.69, 9.17) is 18.9 Å². The first-order valence-electron chi connectivity index (χ1n) is 13.8. The largest absolute Gasteiger partial charge is 0.496 e. The Labute approximate surface area is 220 Å². The van der Waals surface area contributed by atoms with Gasteiger partial charge in [-0.3, -0.25) is 4.79 Å². The van der Waals surface area contributed by atoms with E-state index in [0.29, 0.717) is 24.3 Å². The van der Waals surface area contributed by atoms with Crippen molar-refractivity contribution < 1.29 is 33.3 Å². The van der Waals surface area contributed by atoms with E-state index in [0.717, 1.165) is 49.5 Å². The number of ether oxygens (including phenoxy) is 4. The second-order valence-electron chi connectivity index (χ2n) is 10.3. The summed E-state index contributed by atoms with van der Waals surface area (Å²) in [6.45, 7) is 6.06. The first-order chi connectivity index (χ1) is 17.9. The van der Waals surface area contributed by atoms with Crippen LogP contribution in [0.1, 0.15) is 87.9 Å². The second-order valence-corrected chi connectivity index (χ2v) is 10.3. The van der Waals surface area contributed by atoms with E-state index in [1.165, 1.54) is 39.2 Å². The maximum Gasteiger partial charge on any atom is 0.341 e. The molecular weight excluding hydrogens is 472 g/mol. The smallest absolute Gasteiger partial charge is 0.341 e. The lowest BCUT2D eigenvalue weighted by atomic mass is 9.69. The van der Waals surface area contributed by atoms with Gasteiger partial charge in [-0.1, -0.05) is 32.8 Å². The van der Waals surface area contributed by atoms with Crippen molar-refractivity contribution in [2.45, 2.75) is 77.6 Å². The van der Waals surface area contributed by atoms with Crippen LogP contribution in [0.4, 0.5) is 0 Å². The maximum absolute atomic E-state index is 12.8. The third kappa shape index (κ3) is 8.61. The van der Waals surface area contributed by atoms with Gasteiger partial charge in [0, 0.05) is 12.1 Å². The number of benzene rings is 1. The fourth-order valence-corrected chi connectivity index (χ4v) is 5.68. The molecule has 7 nitrogen and oxygen atoms in total. The summed E-state index contributed by atoms with van der Waals surface area (Å²) in [4.78, 5) is 36.3. The van der Waals surface area contributed by atoms with Crippen LogP contribution in [0.5, 0.6) is 11.5 Å². The van der Waals surface area contributed by atoms with E-state index in [-0.39, 0.29) is 30.7 Å². The topological polar surface area (TPSA) is 88.1 Å². The Hall–Kier alpha value is -2.83. The van der Waals surface area contributed by atoms with Gasteiger partial charge in [0.2, 0.25) is 0 Å². The molecule has 0 heterocycles. The Morgan fingerprint density at radius 2 is 1.54 bits per heavy atom. The summed E-state index contributed by atoms with van der Waals surface area (Å²) in [5, 5.41) is 0. The molecule has 0 aliphatic heterocycles. The third-order valence-corrected chi connectivity index (χ3v) is 8.03.